The fraction of sp³-hybridized carbons (Fsp3) is 0.379. The highest BCUT2D eigenvalue weighted by molar-refractivity contribution is 6.07. The summed E-state index contributed by atoms with van der Waals surface area (Å²) in [5.41, 5.74) is -0.0237. The van der Waals surface area contributed by atoms with Gasteiger partial charge >= 0.3 is 5.97 Å². The van der Waals surface area contributed by atoms with Gasteiger partial charge in [0.2, 0.25) is 0 Å². The lowest BCUT2D eigenvalue weighted by Gasteiger charge is -2.36. The van der Waals surface area contributed by atoms with Gasteiger partial charge in [-0.2, -0.15) is 0 Å². The summed E-state index contributed by atoms with van der Waals surface area (Å²) in [6.45, 7) is 6.78. The molecule has 0 spiro atoms. The molecule has 3 atom stereocenters. The highest BCUT2D eigenvalue weighted by Gasteiger charge is 2.57. The summed E-state index contributed by atoms with van der Waals surface area (Å²) in [6.07, 6.45) is 3.01. The molecule has 2 aromatic carbocycles. The average molecular weight is 526 g/mol. The highest BCUT2D eigenvalue weighted by atomic mass is 19.1. The lowest BCUT2D eigenvalue weighted by atomic mass is 9.78. The first-order valence-electron chi connectivity index (χ1n) is 12.8. The van der Waals surface area contributed by atoms with Crippen LogP contribution >= 0.6 is 0 Å². The van der Waals surface area contributed by atoms with Crippen LogP contribution in [0.3, 0.4) is 0 Å². The number of carbonyl (C=O) groups is 2. The summed E-state index contributed by atoms with van der Waals surface area (Å²) >= 11 is 0. The van der Waals surface area contributed by atoms with Crippen LogP contribution in [-0.2, 0) is 25.5 Å². The molecule has 2 bridgehead atoms. The normalized spacial score (nSPS) is 20.6. The van der Waals surface area contributed by atoms with Gasteiger partial charge in [-0.3, -0.25) is 4.79 Å². The smallest absolute Gasteiger partial charge is 0.337 e. The van der Waals surface area contributed by atoms with E-state index in [1.54, 1.807) is 12.2 Å². The van der Waals surface area contributed by atoms with E-state index in [0.717, 1.165) is 24.7 Å². The van der Waals surface area contributed by atoms with Crippen LogP contribution in [0.4, 0.5) is 14.5 Å². The Labute approximate surface area is 221 Å². The Kier molecular flexibility index (Phi) is 8.58. The lowest BCUT2D eigenvalue weighted by Crippen LogP contribution is -2.51. The summed E-state index contributed by atoms with van der Waals surface area (Å²) in [4.78, 5) is 28.7. The molecular weight excluding hydrogens is 492 g/mol. The van der Waals surface area contributed by atoms with Gasteiger partial charge in [-0.05, 0) is 43.3 Å². The molecule has 202 valence electrons. The number of carbonyl (C=O) groups excluding carboxylic acids is 2. The number of amides is 1. The van der Waals surface area contributed by atoms with E-state index in [-0.39, 0.29) is 16.8 Å². The quantitative estimate of drug-likeness (QED) is 0.326. The molecule has 2 N–H and O–H groups in total. The van der Waals surface area contributed by atoms with E-state index in [0.29, 0.717) is 19.5 Å². The van der Waals surface area contributed by atoms with Crippen molar-refractivity contribution < 1.29 is 27.8 Å². The van der Waals surface area contributed by atoms with E-state index in [1.165, 1.54) is 19.2 Å². The SMILES string of the molecule is CCN(CC)CCNC(=O)C1=C(C(=O)OC)C2C=CC1(C(Cc1ccccc1)Nc1cc(F)cc(F)c1)O2. The minimum Gasteiger partial charge on any atom is -0.466 e. The Morgan fingerprint density at radius 1 is 1.11 bits per heavy atom. The van der Waals surface area contributed by atoms with Crippen molar-refractivity contribution in [3.8, 4) is 0 Å². The van der Waals surface area contributed by atoms with Gasteiger partial charge in [0.1, 0.15) is 23.3 Å². The Balaban J connectivity index is 1.74. The Morgan fingerprint density at radius 3 is 2.42 bits per heavy atom. The minimum absolute atomic E-state index is 0.126. The molecule has 7 nitrogen and oxygen atoms in total. The average Bonchev–Trinajstić information content (AvgIpc) is 3.49. The van der Waals surface area contributed by atoms with Crippen LogP contribution in [-0.4, -0.2) is 67.8 Å². The van der Waals surface area contributed by atoms with Gasteiger partial charge in [-0.15, -0.1) is 0 Å². The Bertz CT molecular complexity index is 1210. The van der Waals surface area contributed by atoms with Gasteiger partial charge < -0.3 is 25.0 Å². The third-order valence-corrected chi connectivity index (χ3v) is 7.03. The number of rotatable bonds is 12. The van der Waals surface area contributed by atoms with Crippen LogP contribution in [0.25, 0.3) is 0 Å². The predicted molar refractivity (Wildman–Crippen MR) is 140 cm³/mol. The molecule has 1 amide bonds. The fourth-order valence-electron chi connectivity index (χ4n) is 5.12. The maximum absolute atomic E-state index is 14.1. The molecule has 0 radical (unpaired) electrons. The van der Waals surface area contributed by atoms with Gasteiger partial charge in [0.25, 0.3) is 5.91 Å². The van der Waals surface area contributed by atoms with Crippen LogP contribution < -0.4 is 10.6 Å². The summed E-state index contributed by atoms with van der Waals surface area (Å²) in [6, 6.07) is 11.9. The number of anilines is 1. The van der Waals surface area contributed by atoms with Gasteiger partial charge in [0.05, 0.1) is 24.3 Å². The van der Waals surface area contributed by atoms with Crippen molar-refractivity contribution in [2.24, 2.45) is 0 Å². The van der Waals surface area contributed by atoms with Gasteiger partial charge in [0, 0.05) is 24.8 Å². The van der Waals surface area contributed by atoms with Crippen molar-refractivity contribution in [2.75, 3.05) is 38.6 Å². The van der Waals surface area contributed by atoms with E-state index in [4.69, 9.17) is 9.47 Å². The van der Waals surface area contributed by atoms with Crippen molar-refractivity contribution in [3.05, 3.63) is 89.0 Å². The molecule has 3 unspecified atom stereocenters. The summed E-state index contributed by atoms with van der Waals surface area (Å²) in [5, 5.41) is 6.13. The number of methoxy groups -OCH3 is 1. The Morgan fingerprint density at radius 2 is 1.79 bits per heavy atom. The number of benzene rings is 2. The monoisotopic (exact) mass is 525 g/mol. The number of esters is 1. The molecule has 38 heavy (non-hydrogen) atoms. The Hall–Kier alpha value is -3.56. The molecule has 0 saturated carbocycles. The zero-order chi connectivity index (χ0) is 27.3. The molecule has 9 heteroatoms. The number of hydrogen-bond donors (Lipinski definition) is 2. The van der Waals surface area contributed by atoms with Crippen LogP contribution in [0.2, 0.25) is 0 Å². The third kappa shape index (κ3) is 5.63. The molecule has 2 aliphatic rings. The van der Waals surface area contributed by atoms with Crippen molar-refractivity contribution in [1.82, 2.24) is 10.2 Å². The molecule has 0 aromatic heterocycles. The van der Waals surface area contributed by atoms with Crippen molar-refractivity contribution in [2.45, 2.75) is 38.0 Å². The zero-order valence-corrected chi connectivity index (χ0v) is 21.8. The summed E-state index contributed by atoms with van der Waals surface area (Å²) in [7, 11) is 1.25. The van der Waals surface area contributed by atoms with Crippen molar-refractivity contribution >= 4 is 17.6 Å². The maximum Gasteiger partial charge on any atom is 0.337 e. The largest absolute Gasteiger partial charge is 0.466 e. The topological polar surface area (TPSA) is 79.9 Å². The first kappa shape index (κ1) is 27.5. The lowest BCUT2D eigenvalue weighted by molar-refractivity contribution is -0.137. The number of nitrogens with one attached hydrogen (secondary N) is 2. The standard InChI is InChI=1S/C29H33F2N3O4/c1-4-34(5-2)14-13-32-27(35)26-25(28(36)37-3)23-11-12-29(26,38-23)24(15-19-9-7-6-8-10-19)33-22-17-20(30)16-21(31)18-22/h6-12,16-18,23-24,33H,4-5,13-15H2,1-3H3,(H,32,35). The van der Waals surface area contributed by atoms with Crippen molar-refractivity contribution in [3.63, 3.8) is 0 Å². The van der Waals surface area contributed by atoms with E-state index in [9.17, 15) is 18.4 Å². The predicted octanol–water partition coefficient (Wildman–Crippen LogP) is 3.62. The number of likely N-dealkylation sites (N-methyl/N-ethyl adjacent to an activating group) is 1. The number of nitrogens with zero attached hydrogens (tertiary/aromatic N) is 1. The molecule has 2 aromatic rings. The molecule has 0 fully saturated rings. The number of ether oxygens (including phenoxy) is 2. The van der Waals surface area contributed by atoms with E-state index < -0.39 is 41.3 Å². The van der Waals surface area contributed by atoms with Gasteiger partial charge in [0.15, 0.2) is 0 Å². The second kappa shape index (κ2) is 11.9. The first-order chi connectivity index (χ1) is 18.3. The molecule has 0 aliphatic carbocycles. The maximum atomic E-state index is 14.1. The molecule has 4 rings (SSSR count). The zero-order valence-electron chi connectivity index (χ0n) is 21.8. The summed E-state index contributed by atoms with van der Waals surface area (Å²) < 4.78 is 39.5. The molecule has 2 heterocycles. The van der Waals surface area contributed by atoms with Crippen LogP contribution in [0, 0.1) is 11.6 Å². The third-order valence-electron chi connectivity index (χ3n) is 7.03. The molecular formula is C29H33F2N3O4. The number of hydrogen-bond acceptors (Lipinski definition) is 6. The van der Waals surface area contributed by atoms with E-state index in [1.807, 2.05) is 44.2 Å². The van der Waals surface area contributed by atoms with Crippen LogP contribution in [0.1, 0.15) is 19.4 Å². The highest BCUT2D eigenvalue weighted by Crippen LogP contribution is 2.47. The minimum atomic E-state index is -1.38. The molecule has 0 saturated heterocycles. The van der Waals surface area contributed by atoms with E-state index >= 15 is 0 Å². The fourth-order valence-corrected chi connectivity index (χ4v) is 5.12. The molecule has 2 aliphatic heterocycles. The summed E-state index contributed by atoms with van der Waals surface area (Å²) in [5.74, 6) is -2.59. The number of fused-ring (bicyclic) bond motifs is 2. The van der Waals surface area contributed by atoms with Crippen molar-refractivity contribution in [1.29, 1.82) is 0 Å². The van der Waals surface area contributed by atoms with Gasteiger partial charge in [-0.1, -0.05) is 50.3 Å². The van der Waals surface area contributed by atoms with Crippen LogP contribution in [0.5, 0.6) is 0 Å². The second-order valence-electron chi connectivity index (χ2n) is 9.30. The van der Waals surface area contributed by atoms with E-state index in [2.05, 4.69) is 15.5 Å². The second-order valence-corrected chi connectivity index (χ2v) is 9.30. The first-order valence-corrected chi connectivity index (χ1v) is 12.8. The number of halogens is 2. The van der Waals surface area contributed by atoms with Gasteiger partial charge in [-0.25, -0.2) is 13.6 Å². The van der Waals surface area contributed by atoms with Crippen LogP contribution in [0.15, 0.2) is 71.8 Å².